The molecule has 0 aliphatic carbocycles. The molecule has 0 bridgehead atoms. The van der Waals surface area contributed by atoms with Crippen LogP contribution in [0.4, 0.5) is 11.4 Å². The molecule has 0 atom stereocenters. The molecule has 2 rings (SSSR count). The Hall–Kier alpha value is -4.64. The van der Waals surface area contributed by atoms with Crippen LogP contribution in [-0.4, -0.2) is 74.8 Å². The number of benzene rings is 2. The van der Waals surface area contributed by atoms with E-state index < -0.39 is 43.8 Å². The lowest BCUT2D eigenvalue weighted by atomic mass is 9.92. The molecule has 0 spiro atoms. The van der Waals surface area contributed by atoms with E-state index in [1.165, 1.54) is 12.2 Å². The first-order valence-electron chi connectivity index (χ1n) is 14.2. The van der Waals surface area contributed by atoms with Crippen LogP contribution >= 0.6 is 0 Å². The fourth-order valence-corrected chi connectivity index (χ4v) is 4.20. The van der Waals surface area contributed by atoms with Gasteiger partial charge in [0, 0.05) is 37.6 Å². The number of hydrogen-bond donors (Lipinski definition) is 2. The van der Waals surface area contributed by atoms with E-state index in [-0.39, 0.29) is 11.3 Å². The normalized spacial score (nSPS) is 11.7. The first-order valence-corrected chi connectivity index (χ1v) is 14.2. The van der Waals surface area contributed by atoms with E-state index in [0.29, 0.717) is 11.1 Å². The number of anilines is 2. The summed E-state index contributed by atoms with van der Waals surface area (Å²) in [6.45, 7) is 16.6. The van der Waals surface area contributed by atoms with E-state index in [4.69, 9.17) is 16.0 Å². The summed E-state index contributed by atoms with van der Waals surface area (Å²) in [4.78, 5) is 33.0. The summed E-state index contributed by atoms with van der Waals surface area (Å²) >= 11 is 0. The Labute approximate surface area is 253 Å². The molecule has 0 unspecified atom stereocenters. The van der Waals surface area contributed by atoms with Gasteiger partial charge in [-0.3, -0.25) is 4.79 Å². The zero-order valence-corrected chi connectivity index (χ0v) is 25.2. The van der Waals surface area contributed by atoms with Crippen LogP contribution in [0.15, 0.2) is 59.8 Å². The molecule has 0 amide bonds. The molecular weight excluding hydrogens is 548 g/mol. The number of carbonyl (C=O) groups is 2. The summed E-state index contributed by atoms with van der Waals surface area (Å²) in [6, 6.07) is 16.5. The quantitative estimate of drug-likeness (QED) is 0.128. The lowest BCUT2D eigenvalue weighted by Gasteiger charge is -2.28. The number of esters is 2. The van der Waals surface area contributed by atoms with Gasteiger partial charge in [-0.25, -0.2) is 9.64 Å². The topological polar surface area (TPSA) is 128 Å². The van der Waals surface area contributed by atoms with Crippen molar-refractivity contribution in [3.8, 4) is 6.07 Å². The van der Waals surface area contributed by atoms with E-state index in [1.807, 2.05) is 30.3 Å². The molecule has 2 aromatic rings. The number of carbonyl (C=O) groups excluding carboxylic acids is 2. The molecule has 0 aromatic heterocycles. The van der Waals surface area contributed by atoms with E-state index in [2.05, 4.69) is 42.3 Å². The van der Waals surface area contributed by atoms with Gasteiger partial charge in [0.1, 0.15) is 24.9 Å². The second-order valence-electron chi connectivity index (χ2n) is 9.81. The van der Waals surface area contributed by atoms with E-state index in [1.54, 1.807) is 24.3 Å². The Kier molecular flexibility index (Phi) is 13.9. The molecule has 0 radical (unpaired) electrons. The van der Waals surface area contributed by atoms with Crippen molar-refractivity contribution < 1.29 is 29.3 Å². The minimum atomic E-state index is -1.55. The van der Waals surface area contributed by atoms with Crippen molar-refractivity contribution in [2.75, 3.05) is 62.4 Å². The fourth-order valence-electron chi connectivity index (χ4n) is 4.20. The molecule has 43 heavy (non-hydrogen) atoms. The maximum absolute atomic E-state index is 12.7. The van der Waals surface area contributed by atoms with Crippen LogP contribution in [0.25, 0.3) is 17.0 Å². The number of nitrogens with zero attached hydrogens (tertiary/aromatic N) is 4. The molecule has 0 fully saturated rings. The molecule has 0 saturated heterocycles. The van der Waals surface area contributed by atoms with Crippen LogP contribution in [0.1, 0.15) is 38.8 Å². The zero-order valence-electron chi connectivity index (χ0n) is 25.2. The SMILES string of the molecule is [C-]#[N+]/C(=C\c1ccc(N(CC)CC)cc1)C(=O)OCC(CO)(CO)COC(=O)/C(C#N)=C/c1ccc(N(CC)CC)cc1. The maximum Gasteiger partial charge on any atom is 0.348 e. The van der Waals surface area contributed by atoms with Gasteiger partial charge in [-0.2, -0.15) is 5.26 Å². The molecular formula is C33H40N4O6. The van der Waals surface area contributed by atoms with Crippen LogP contribution in [0, 0.1) is 23.3 Å². The Bertz CT molecular complexity index is 1240. The first-order chi connectivity index (χ1) is 20.7. The van der Waals surface area contributed by atoms with Crippen molar-refractivity contribution in [2.24, 2.45) is 5.41 Å². The van der Waals surface area contributed by atoms with Gasteiger partial charge >= 0.3 is 11.9 Å². The van der Waals surface area contributed by atoms with E-state index >= 15 is 0 Å². The van der Waals surface area contributed by atoms with Crippen LogP contribution in [0.5, 0.6) is 0 Å². The summed E-state index contributed by atoms with van der Waals surface area (Å²) in [5.41, 5.74) is 1.16. The van der Waals surface area contributed by atoms with Crippen molar-refractivity contribution in [1.82, 2.24) is 0 Å². The number of aliphatic hydroxyl groups is 2. The van der Waals surface area contributed by atoms with Gasteiger partial charge in [-0.15, -0.1) is 0 Å². The molecule has 0 aliphatic rings. The minimum absolute atomic E-state index is 0.275. The Morgan fingerprint density at radius 2 is 1.23 bits per heavy atom. The summed E-state index contributed by atoms with van der Waals surface area (Å²) in [6.07, 6.45) is 2.77. The van der Waals surface area contributed by atoms with Gasteiger partial charge in [-0.05, 0) is 75.2 Å². The first kappa shape index (κ1) is 34.6. The summed E-state index contributed by atoms with van der Waals surface area (Å²) in [5.74, 6) is -1.91. The third-order valence-electron chi connectivity index (χ3n) is 7.02. The summed E-state index contributed by atoms with van der Waals surface area (Å²) in [5, 5.41) is 29.5. The molecule has 0 aliphatic heterocycles. The molecule has 228 valence electrons. The Morgan fingerprint density at radius 1 is 0.814 bits per heavy atom. The van der Waals surface area contributed by atoms with Gasteiger partial charge < -0.3 is 29.5 Å². The molecule has 10 nitrogen and oxygen atoms in total. The van der Waals surface area contributed by atoms with Crippen LogP contribution < -0.4 is 9.80 Å². The standard InChI is InChI=1S/C33H40N4O6/c1-6-36(7-2)28-14-10-25(11-15-28)18-27(20-34)31(40)42-23-33(21-38,22-39)24-43-32(41)30(35-5)19-26-12-16-29(17-13-26)37(8-3)9-4/h10-19,38-39H,6-9,21-24H2,1-4H3/b27-18+,30-19-. The average molecular weight is 589 g/mol. The average Bonchev–Trinajstić information content (AvgIpc) is 3.05. The van der Waals surface area contributed by atoms with Crippen molar-refractivity contribution in [3.05, 3.63) is 82.3 Å². The van der Waals surface area contributed by atoms with Crippen molar-refractivity contribution in [1.29, 1.82) is 5.26 Å². The molecule has 2 aromatic carbocycles. The number of nitriles is 1. The largest absolute Gasteiger partial charge is 0.470 e. The highest BCUT2D eigenvalue weighted by Gasteiger charge is 2.34. The van der Waals surface area contributed by atoms with Crippen molar-refractivity contribution >= 4 is 35.5 Å². The summed E-state index contributed by atoms with van der Waals surface area (Å²) in [7, 11) is 0. The van der Waals surface area contributed by atoms with Gasteiger partial charge in [0.15, 0.2) is 0 Å². The second kappa shape index (κ2) is 17.3. The third kappa shape index (κ3) is 9.71. The smallest absolute Gasteiger partial charge is 0.348 e. The summed E-state index contributed by atoms with van der Waals surface area (Å²) < 4.78 is 10.5. The van der Waals surface area contributed by atoms with E-state index in [9.17, 15) is 25.1 Å². The zero-order chi connectivity index (χ0) is 31.8. The van der Waals surface area contributed by atoms with Gasteiger partial charge in [0.2, 0.25) is 0 Å². The number of rotatable bonds is 16. The number of hydrogen-bond acceptors (Lipinski definition) is 9. The minimum Gasteiger partial charge on any atom is -0.470 e. The van der Waals surface area contributed by atoms with Gasteiger partial charge in [0.05, 0.1) is 25.2 Å². The maximum atomic E-state index is 12.7. The fraction of sp³-hybridized carbons (Fsp3) is 0.394. The predicted octanol–water partition coefficient (Wildman–Crippen LogP) is 4.30. The van der Waals surface area contributed by atoms with E-state index in [0.717, 1.165) is 37.6 Å². The molecule has 0 heterocycles. The third-order valence-corrected chi connectivity index (χ3v) is 7.02. The molecule has 0 saturated carbocycles. The van der Waals surface area contributed by atoms with Crippen molar-refractivity contribution in [3.63, 3.8) is 0 Å². The van der Waals surface area contributed by atoms with Crippen LogP contribution in [-0.2, 0) is 19.1 Å². The highest BCUT2D eigenvalue weighted by atomic mass is 16.6. The monoisotopic (exact) mass is 588 g/mol. The van der Waals surface area contributed by atoms with Gasteiger partial charge in [-0.1, -0.05) is 24.3 Å². The number of ether oxygens (including phenoxy) is 2. The van der Waals surface area contributed by atoms with Crippen LogP contribution in [0.2, 0.25) is 0 Å². The van der Waals surface area contributed by atoms with Gasteiger partial charge in [0.25, 0.3) is 5.70 Å². The second-order valence-corrected chi connectivity index (χ2v) is 9.81. The van der Waals surface area contributed by atoms with Crippen molar-refractivity contribution in [2.45, 2.75) is 27.7 Å². The highest BCUT2D eigenvalue weighted by Crippen LogP contribution is 2.22. The number of aliphatic hydroxyl groups excluding tert-OH is 2. The van der Waals surface area contributed by atoms with Crippen LogP contribution in [0.3, 0.4) is 0 Å². The lowest BCUT2D eigenvalue weighted by Crippen LogP contribution is -2.41. The molecule has 10 heteroatoms. The highest BCUT2D eigenvalue weighted by molar-refractivity contribution is 5.98. The Morgan fingerprint density at radius 3 is 1.60 bits per heavy atom. The Balaban J connectivity index is 2.08. The molecule has 2 N–H and O–H groups in total. The lowest BCUT2D eigenvalue weighted by molar-refractivity contribution is -0.153. The predicted molar refractivity (Wildman–Crippen MR) is 167 cm³/mol.